The van der Waals surface area contributed by atoms with Crippen molar-refractivity contribution in [2.24, 2.45) is 17.6 Å². The number of aryl methyl sites for hydroxylation is 1. The van der Waals surface area contributed by atoms with Gasteiger partial charge in [0.2, 0.25) is 0 Å². The maximum absolute atomic E-state index is 6.58. The predicted octanol–water partition coefficient (Wildman–Crippen LogP) is 3.67. The molecule has 1 fully saturated rings. The van der Waals surface area contributed by atoms with Crippen LogP contribution in [0.5, 0.6) is 0 Å². The first-order valence-corrected chi connectivity index (χ1v) is 6.74. The van der Waals surface area contributed by atoms with E-state index in [2.05, 4.69) is 32.2 Å². The molecule has 0 aliphatic heterocycles. The van der Waals surface area contributed by atoms with E-state index in [0.717, 1.165) is 24.7 Å². The average Bonchev–Trinajstić information content (AvgIpc) is 2.59. The molecule has 1 aromatic rings. The van der Waals surface area contributed by atoms with Crippen molar-refractivity contribution in [2.45, 2.75) is 45.6 Å². The third kappa shape index (κ3) is 1.98. The van der Waals surface area contributed by atoms with Crippen LogP contribution in [0.1, 0.15) is 43.6 Å². The minimum absolute atomic E-state index is 0.0456. The molecule has 1 aromatic heterocycles. The topological polar surface area (TPSA) is 26.0 Å². The molecule has 15 heavy (non-hydrogen) atoms. The Labute approximate surface area is 96.7 Å². The van der Waals surface area contributed by atoms with Gasteiger partial charge in [-0.05, 0) is 55.0 Å². The second-order valence-electron chi connectivity index (χ2n) is 5.24. The molecule has 1 nitrogen and oxygen atoms in total. The summed E-state index contributed by atoms with van der Waals surface area (Å²) in [6.45, 7) is 6.88. The Morgan fingerprint density at radius 2 is 2.13 bits per heavy atom. The Balaban J connectivity index is 2.25. The second kappa shape index (κ2) is 3.91. The number of nitrogens with two attached hydrogens (primary N) is 1. The molecular formula is C13H21NS. The summed E-state index contributed by atoms with van der Waals surface area (Å²) < 4.78 is 0. The zero-order valence-electron chi connectivity index (χ0n) is 9.92. The Morgan fingerprint density at radius 3 is 2.67 bits per heavy atom. The Morgan fingerprint density at radius 1 is 1.40 bits per heavy atom. The Hall–Kier alpha value is -0.340. The summed E-state index contributed by atoms with van der Waals surface area (Å²) in [6, 6.07) is 2.22. The Kier molecular flexibility index (Phi) is 2.91. The van der Waals surface area contributed by atoms with Crippen LogP contribution in [-0.4, -0.2) is 0 Å². The number of thiophene rings is 1. The summed E-state index contributed by atoms with van der Waals surface area (Å²) in [7, 11) is 0. The van der Waals surface area contributed by atoms with Crippen molar-refractivity contribution in [2.75, 3.05) is 0 Å². The highest BCUT2D eigenvalue weighted by Crippen LogP contribution is 2.42. The molecule has 3 unspecified atom stereocenters. The van der Waals surface area contributed by atoms with Gasteiger partial charge in [0, 0.05) is 10.4 Å². The van der Waals surface area contributed by atoms with E-state index in [0.29, 0.717) is 0 Å². The zero-order valence-corrected chi connectivity index (χ0v) is 10.7. The second-order valence-corrected chi connectivity index (χ2v) is 6.36. The van der Waals surface area contributed by atoms with Crippen molar-refractivity contribution >= 4 is 11.3 Å². The lowest BCUT2D eigenvalue weighted by molar-refractivity contribution is 0.177. The molecule has 1 saturated carbocycles. The van der Waals surface area contributed by atoms with E-state index < -0.39 is 0 Å². The summed E-state index contributed by atoms with van der Waals surface area (Å²) in [6.07, 6.45) is 3.56. The number of rotatable bonds is 1. The monoisotopic (exact) mass is 223 g/mol. The summed E-state index contributed by atoms with van der Waals surface area (Å²) >= 11 is 1.82. The van der Waals surface area contributed by atoms with Gasteiger partial charge in [0.1, 0.15) is 0 Å². The van der Waals surface area contributed by atoms with Gasteiger partial charge in [-0.3, -0.25) is 0 Å². The molecule has 84 valence electrons. The maximum atomic E-state index is 6.58. The van der Waals surface area contributed by atoms with Crippen LogP contribution in [0, 0.1) is 18.8 Å². The van der Waals surface area contributed by atoms with Crippen molar-refractivity contribution in [1.29, 1.82) is 0 Å². The molecule has 0 spiro atoms. The number of hydrogen-bond donors (Lipinski definition) is 1. The fourth-order valence-electron chi connectivity index (χ4n) is 2.79. The molecule has 2 heteroatoms. The van der Waals surface area contributed by atoms with E-state index in [-0.39, 0.29) is 5.54 Å². The predicted molar refractivity (Wildman–Crippen MR) is 67.1 cm³/mol. The fraction of sp³-hybridized carbons (Fsp3) is 0.692. The first kappa shape index (κ1) is 11.2. The van der Waals surface area contributed by atoms with Crippen LogP contribution in [0.15, 0.2) is 11.4 Å². The first-order valence-electron chi connectivity index (χ1n) is 5.86. The Bertz CT molecular complexity index is 344. The van der Waals surface area contributed by atoms with Crippen molar-refractivity contribution in [3.63, 3.8) is 0 Å². The molecule has 1 aliphatic rings. The standard InChI is InChI=1S/C13H21NS/c1-9-4-6-13(14,8-10(9)2)12-5-7-15-11(12)3/h5,7,9-10H,4,6,8,14H2,1-3H3. The van der Waals surface area contributed by atoms with E-state index in [1.807, 2.05) is 11.3 Å². The van der Waals surface area contributed by atoms with Crippen LogP contribution in [0.2, 0.25) is 0 Å². The smallest absolute Gasteiger partial charge is 0.0423 e. The third-order valence-corrected chi connectivity index (χ3v) is 4.94. The molecule has 3 atom stereocenters. The van der Waals surface area contributed by atoms with Crippen molar-refractivity contribution < 1.29 is 0 Å². The highest BCUT2D eigenvalue weighted by molar-refractivity contribution is 7.10. The van der Waals surface area contributed by atoms with Crippen molar-refractivity contribution in [3.8, 4) is 0 Å². The minimum atomic E-state index is -0.0456. The normalized spacial score (nSPS) is 36.8. The summed E-state index contributed by atoms with van der Waals surface area (Å²) in [5.74, 6) is 1.59. The van der Waals surface area contributed by atoms with E-state index in [1.54, 1.807) is 0 Å². The lowest BCUT2D eigenvalue weighted by Gasteiger charge is -2.40. The van der Waals surface area contributed by atoms with Crippen LogP contribution in [0.25, 0.3) is 0 Å². The highest BCUT2D eigenvalue weighted by Gasteiger charge is 2.36. The maximum Gasteiger partial charge on any atom is 0.0423 e. The molecule has 0 saturated heterocycles. The highest BCUT2D eigenvalue weighted by atomic mass is 32.1. The van der Waals surface area contributed by atoms with Gasteiger partial charge in [0.25, 0.3) is 0 Å². The van der Waals surface area contributed by atoms with Gasteiger partial charge < -0.3 is 5.73 Å². The van der Waals surface area contributed by atoms with Gasteiger partial charge in [0.15, 0.2) is 0 Å². The van der Waals surface area contributed by atoms with Crippen LogP contribution in [0.3, 0.4) is 0 Å². The largest absolute Gasteiger partial charge is 0.321 e. The van der Waals surface area contributed by atoms with E-state index in [4.69, 9.17) is 5.73 Å². The van der Waals surface area contributed by atoms with Crippen LogP contribution in [-0.2, 0) is 5.54 Å². The van der Waals surface area contributed by atoms with Gasteiger partial charge in [0.05, 0.1) is 0 Å². The molecular weight excluding hydrogens is 202 g/mol. The quantitative estimate of drug-likeness (QED) is 0.772. The SMILES string of the molecule is Cc1sccc1C1(N)CCC(C)C(C)C1. The average molecular weight is 223 g/mol. The van der Waals surface area contributed by atoms with E-state index in [1.165, 1.54) is 16.9 Å². The molecule has 2 rings (SSSR count). The third-order valence-electron chi connectivity index (χ3n) is 4.10. The lowest BCUT2D eigenvalue weighted by Crippen LogP contribution is -2.43. The zero-order chi connectivity index (χ0) is 11.1. The van der Waals surface area contributed by atoms with Crippen LogP contribution < -0.4 is 5.73 Å². The molecule has 1 heterocycles. The van der Waals surface area contributed by atoms with E-state index >= 15 is 0 Å². The molecule has 0 bridgehead atoms. The van der Waals surface area contributed by atoms with Gasteiger partial charge in [-0.25, -0.2) is 0 Å². The first-order chi connectivity index (χ1) is 7.03. The summed E-state index contributed by atoms with van der Waals surface area (Å²) in [4.78, 5) is 1.40. The fourth-order valence-corrected chi connectivity index (χ4v) is 3.60. The number of hydrogen-bond acceptors (Lipinski definition) is 2. The van der Waals surface area contributed by atoms with Crippen molar-refractivity contribution in [3.05, 3.63) is 21.9 Å². The molecule has 2 N–H and O–H groups in total. The molecule has 0 radical (unpaired) electrons. The van der Waals surface area contributed by atoms with E-state index in [9.17, 15) is 0 Å². The van der Waals surface area contributed by atoms with Crippen LogP contribution in [0.4, 0.5) is 0 Å². The molecule has 0 aromatic carbocycles. The van der Waals surface area contributed by atoms with Gasteiger partial charge in [-0.15, -0.1) is 11.3 Å². The molecule has 1 aliphatic carbocycles. The lowest BCUT2D eigenvalue weighted by atomic mass is 9.69. The molecule has 0 amide bonds. The summed E-state index contributed by atoms with van der Waals surface area (Å²) in [5, 5.41) is 2.17. The van der Waals surface area contributed by atoms with Gasteiger partial charge in [-0.1, -0.05) is 13.8 Å². The minimum Gasteiger partial charge on any atom is -0.321 e. The van der Waals surface area contributed by atoms with Crippen LogP contribution >= 0.6 is 11.3 Å². The van der Waals surface area contributed by atoms with Gasteiger partial charge in [-0.2, -0.15) is 0 Å². The van der Waals surface area contributed by atoms with Crippen molar-refractivity contribution in [1.82, 2.24) is 0 Å². The van der Waals surface area contributed by atoms with Gasteiger partial charge >= 0.3 is 0 Å². The summed E-state index contributed by atoms with van der Waals surface area (Å²) in [5.41, 5.74) is 7.93.